The highest BCUT2D eigenvalue weighted by Gasteiger charge is 2.38. The fourth-order valence-electron chi connectivity index (χ4n) is 2.32. The molecule has 0 atom stereocenters. The molecule has 0 spiro atoms. The number of halogens is 1. The van der Waals surface area contributed by atoms with E-state index in [0.29, 0.717) is 15.8 Å². The van der Waals surface area contributed by atoms with Crippen molar-refractivity contribution in [2.24, 2.45) is 0 Å². The molecule has 1 amide bonds. The third-order valence-electron chi connectivity index (χ3n) is 3.63. The van der Waals surface area contributed by atoms with Gasteiger partial charge in [-0.25, -0.2) is 0 Å². The summed E-state index contributed by atoms with van der Waals surface area (Å²) in [5, 5.41) is 2.82. The fraction of sp³-hybridized carbons (Fsp3) is 0.200. The molecule has 1 aromatic carbocycles. The number of nitrogens with one attached hydrogen (secondary N) is 1. The highest BCUT2D eigenvalue weighted by Crippen LogP contribution is 2.38. The first-order chi connectivity index (χ1) is 9.41. The maximum Gasteiger partial charge on any atom is 0.234 e. The van der Waals surface area contributed by atoms with Crippen LogP contribution in [0.1, 0.15) is 35.3 Å². The van der Waals surface area contributed by atoms with Gasteiger partial charge in [-0.05, 0) is 59.6 Å². The van der Waals surface area contributed by atoms with Crippen LogP contribution >= 0.6 is 15.9 Å². The molecule has 1 N–H and O–H groups in total. The third kappa shape index (κ3) is 1.81. The summed E-state index contributed by atoms with van der Waals surface area (Å²) in [5.41, 5.74) is 1.99. The maximum atomic E-state index is 12.4. The molecule has 20 heavy (non-hydrogen) atoms. The van der Waals surface area contributed by atoms with Crippen molar-refractivity contribution in [2.45, 2.75) is 19.3 Å². The zero-order chi connectivity index (χ0) is 14.5. The molecule has 0 saturated carbocycles. The van der Waals surface area contributed by atoms with Crippen molar-refractivity contribution in [2.75, 3.05) is 5.32 Å². The van der Waals surface area contributed by atoms with Gasteiger partial charge in [0.15, 0.2) is 10.5 Å². The van der Waals surface area contributed by atoms with Gasteiger partial charge in [-0.2, -0.15) is 0 Å². The Balaban J connectivity index is 2.07. The van der Waals surface area contributed by atoms with Crippen molar-refractivity contribution in [3.05, 3.63) is 51.9 Å². The number of fused-ring (bicyclic) bond motifs is 1. The van der Waals surface area contributed by atoms with Gasteiger partial charge in [-0.15, -0.1) is 0 Å². The van der Waals surface area contributed by atoms with E-state index in [-0.39, 0.29) is 11.7 Å². The minimum absolute atomic E-state index is 0.0541. The lowest BCUT2D eigenvalue weighted by atomic mass is 9.85. The molecule has 1 aliphatic rings. The van der Waals surface area contributed by atoms with Gasteiger partial charge in [0.05, 0.1) is 17.2 Å². The minimum Gasteiger partial charge on any atom is -0.457 e. The van der Waals surface area contributed by atoms with Crippen LogP contribution in [0.3, 0.4) is 0 Å². The van der Waals surface area contributed by atoms with Crippen LogP contribution < -0.4 is 5.32 Å². The van der Waals surface area contributed by atoms with Crippen molar-refractivity contribution in [1.82, 2.24) is 0 Å². The summed E-state index contributed by atoms with van der Waals surface area (Å²) < 4.78 is 5.50. The zero-order valence-electron chi connectivity index (χ0n) is 11.0. The number of ketones is 1. The molecule has 0 saturated heterocycles. The lowest BCUT2D eigenvalue weighted by molar-refractivity contribution is -0.119. The number of hydrogen-bond donors (Lipinski definition) is 1. The molecular formula is C15H12BrNO3. The molecule has 2 aromatic rings. The van der Waals surface area contributed by atoms with Crippen LogP contribution in [0.15, 0.2) is 39.6 Å². The SMILES string of the molecule is CC1(C)C(=O)Nc2ccc(C(=O)c3ccoc3Br)cc21. The largest absolute Gasteiger partial charge is 0.457 e. The third-order valence-corrected chi connectivity index (χ3v) is 4.25. The number of hydrogen-bond acceptors (Lipinski definition) is 3. The van der Waals surface area contributed by atoms with Crippen molar-refractivity contribution >= 4 is 33.3 Å². The second kappa shape index (κ2) is 4.31. The topological polar surface area (TPSA) is 59.3 Å². The predicted octanol–water partition coefficient (Wildman–Crippen LogP) is 3.50. The normalized spacial score (nSPS) is 15.8. The standard InChI is InChI=1S/C15H12BrNO3/c1-15(2)10-7-8(3-4-11(10)17-14(15)19)12(18)9-5-6-20-13(9)16/h3-7H,1-2H3,(H,17,19). The van der Waals surface area contributed by atoms with Crippen LogP contribution in [-0.4, -0.2) is 11.7 Å². The summed E-state index contributed by atoms with van der Waals surface area (Å²) in [7, 11) is 0. The average Bonchev–Trinajstić information content (AvgIpc) is 2.92. The van der Waals surface area contributed by atoms with Crippen LogP contribution in [0.2, 0.25) is 0 Å². The second-order valence-electron chi connectivity index (χ2n) is 5.28. The van der Waals surface area contributed by atoms with Crippen LogP contribution in [0.25, 0.3) is 0 Å². The highest BCUT2D eigenvalue weighted by atomic mass is 79.9. The zero-order valence-corrected chi connectivity index (χ0v) is 12.6. The number of amides is 1. The van der Waals surface area contributed by atoms with Crippen LogP contribution in [-0.2, 0) is 10.2 Å². The van der Waals surface area contributed by atoms with E-state index in [1.54, 1.807) is 24.3 Å². The predicted molar refractivity (Wildman–Crippen MR) is 77.9 cm³/mol. The van der Waals surface area contributed by atoms with Gasteiger partial charge in [0.25, 0.3) is 0 Å². The van der Waals surface area contributed by atoms with Gasteiger partial charge in [0, 0.05) is 11.3 Å². The fourth-order valence-corrected chi connectivity index (χ4v) is 2.74. The molecule has 3 rings (SSSR count). The van der Waals surface area contributed by atoms with Crippen molar-refractivity contribution in [3.8, 4) is 0 Å². The Hall–Kier alpha value is -1.88. The van der Waals surface area contributed by atoms with E-state index in [4.69, 9.17) is 4.42 Å². The summed E-state index contributed by atoms with van der Waals surface area (Å²) in [5.74, 6) is -0.190. The first-order valence-corrected chi connectivity index (χ1v) is 6.94. The van der Waals surface area contributed by atoms with Crippen molar-refractivity contribution in [1.29, 1.82) is 0 Å². The molecule has 0 fully saturated rings. The molecule has 4 nitrogen and oxygen atoms in total. The monoisotopic (exact) mass is 333 g/mol. The summed E-state index contributed by atoms with van der Waals surface area (Å²) in [6.45, 7) is 3.69. The summed E-state index contributed by atoms with van der Waals surface area (Å²) >= 11 is 3.20. The van der Waals surface area contributed by atoms with Gasteiger partial charge < -0.3 is 9.73 Å². The summed E-state index contributed by atoms with van der Waals surface area (Å²) in [6, 6.07) is 6.87. The number of rotatable bonds is 2. The molecule has 1 aliphatic heterocycles. The van der Waals surface area contributed by atoms with E-state index in [1.807, 2.05) is 13.8 Å². The Kier molecular flexibility index (Phi) is 2.83. The lowest BCUT2D eigenvalue weighted by Gasteiger charge is -2.15. The summed E-state index contributed by atoms with van der Waals surface area (Å²) in [6.07, 6.45) is 1.46. The second-order valence-corrected chi connectivity index (χ2v) is 6.00. The van der Waals surface area contributed by atoms with E-state index in [9.17, 15) is 9.59 Å². The Morgan fingerprint density at radius 2 is 2.05 bits per heavy atom. The van der Waals surface area contributed by atoms with Crippen molar-refractivity contribution < 1.29 is 14.0 Å². The Labute approximate surface area is 124 Å². The van der Waals surface area contributed by atoms with Crippen molar-refractivity contribution in [3.63, 3.8) is 0 Å². The first-order valence-electron chi connectivity index (χ1n) is 6.15. The van der Waals surface area contributed by atoms with Gasteiger partial charge in [0.2, 0.25) is 5.91 Å². The molecule has 0 bridgehead atoms. The molecule has 0 radical (unpaired) electrons. The molecule has 0 unspecified atom stereocenters. The van der Waals surface area contributed by atoms with E-state index < -0.39 is 5.41 Å². The Morgan fingerprint density at radius 3 is 2.70 bits per heavy atom. The number of carbonyl (C=O) groups excluding carboxylic acids is 2. The number of furan rings is 1. The molecule has 2 heterocycles. The smallest absolute Gasteiger partial charge is 0.234 e. The van der Waals surface area contributed by atoms with Gasteiger partial charge >= 0.3 is 0 Å². The van der Waals surface area contributed by atoms with Gasteiger partial charge in [-0.1, -0.05) is 0 Å². The molecule has 102 valence electrons. The molecule has 0 aliphatic carbocycles. The van der Waals surface area contributed by atoms with Crippen LogP contribution in [0.4, 0.5) is 5.69 Å². The van der Waals surface area contributed by atoms with E-state index in [1.165, 1.54) is 6.26 Å². The lowest BCUT2D eigenvalue weighted by Crippen LogP contribution is -2.27. The van der Waals surface area contributed by atoms with Crippen LogP contribution in [0.5, 0.6) is 0 Å². The Bertz CT molecular complexity index is 730. The van der Waals surface area contributed by atoms with Gasteiger partial charge in [0.1, 0.15) is 0 Å². The average molecular weight is 334 g/mol. The molecule has 1 aromatic heterocycles. The molecular weight excluding hydrogens is 322 g/mol. The number of anilines is 1. The van der Waals surface area contributed by atoms with E-state index >= 15 is 0 Å². The minimum atomic E-state index is -0.626. The highest BCUT2D eigenvalue weighted by molar-refractivity contribution is 9.10. The first kappa shape index (κ1) is 13.1. The van der Waals surface area contributed by atoms with E-state index in [0.717, 1.165) is 11.3 Å². The summed E-state index contributed by atoms with van der Waals surface area (Å²) in [4.78, 5) is 24.3. The van der Waals surface area contributed by atoms with E-state index in [2.05, 4.69) is 21.2 Å². The quantitative estimate of drug-likeness (QED) is 0.855. The van der Waals surface area contributed by atoms with Crippen LogP contribution in [0, 0.1) is 0 Å². The molecule has 5 heteroatoms. The number of carbonyl (C=O) groups is 2. The van der Waals surface area contributed by atoms with Gasteiger partial charge in [-0.3, -0.25) is 9.59 Å². The maximum absolute atomic E-state index is 12.4. The Morgan fingerprint density at radius 1 is 1.30 bits per heavy atom. The number of benzene rings is 1.